The lowest BCUT2D eigenvalue weighted by molar-refractivity contribution is -0.149. The van der Waals surface area contributed by atoms with Crippen LogP contribution in [0.3, 0.4) is 0 Å². The first kappa shape index (κ1) is 9.47. The van der Waals surface area contributed by atoms with Crippen molar-refractivity contribution >= 4 is 15.8 Å². The van der Waals surface area contributed by atoms with Gasteiger partial charge in [-0.15, -0.1) is 0 Å². The third kappa shape index (κ3) is 2.18. The Bertz CT molecular complexity index is 257. The Balaban J connectivity index is 2.52. The van der Waals surface area contributed by atoms with Gasteiger partial charge in [0.05, 0.1) is 17.4 Å². The van der Waals surface area contributed by atoms with Gasteiger partial charge < -0.3 is 4.84 Å². The molecule has 0 aromatic heterocycles. The van der Waals surface area contributed by atoms with Crippen molar-refractivity contribution in [2.24, 2.45) is 11.8 Å². The molecular formula is C6H11NO4S. The van der Waals surface area contributed by atoms with Gasteiger partial charge in [-0.1, -0.05) is 0 Å². The van der Waals surface area contributed by atoms with Crippen molar-refractivity contribution in [1.82, 2.24) is 0 Å². The zero-order valence-electron chi connectivity index (χ0n) is 6.52. The van der Waals surface area contributed by atoms with E-state index in [1.54, 1.807) is 0 Å². The molecule has 1 fully saturated rings. The number of rotatable bonds is 1. The van der Waals surface area contributed by atoms with Crippen LogP contribution >= 0.6 is 0 Å². The summed E-state index contributed by atoms with van der Waals surface area (Å²) in [6.45, 7) is 0. The van der Waals surface area contributed by atoms with E-state index in [4.69, 9.17) is 0 Å². The Hall–Kier alpha value is -0.620. The lowest BCUT2D eigenvalue weighted by Crippen LogP contribution is -2.30. The Morgan fingerprint density at radius 2 is 1.83 bits per heavy atom. The maximum atomic E-state index is 10.9. The van der Waals surface area contributed by atoms with E-state index in [1.807, 2.05) is 0 Å². The Morgan fingerprint density at radius 1 is 1.33 bits per heavy atom. The van der Waals surface area contributed by atoms with Gasteiger partial charge in [0.2, 0.25) is 0 Å². The standard InChI is InChI=1S/C6H11NO4S/c7-11-6(8)5-1-3-12(9,10)4-2-5/h5H,1-4,7H2. The van der Waals surface area contributed by atoms with Gasteiger partial charge in [-0.25, -0.2) is 8.42 Å². The maximum Gasteiger partial charge on any atom is 0.327 e. The molecule has 0 unspecified atom stereocenters. The number of sulfone groups is 1. The molecule has 0 radical (unpaired) electrons. The van der Waals surface area contributed by atoms with Gasteiger partial charge in [-0.05, 0) is 12.8 Å². The molecule has 0 atom stereocenters. The van der Waals surface area contributed by atoms with Gasteiger partial charge in [0.15, 0.2) is 0 Å². The van der Waals surface area contributed by atoms with Crippen LogP contribution in [0, 0.1) is 5.92 Å². The first-order valence-electron chi connectivity index (χ1n) is 3.66. The zero-order chi connectivity index (χ0) is 9.19. The number of carbonyl (C=O) groups is 1. The molecule has 0 aromatic carbocycles. The molecular weight excluding hydrogens is 182 g/mol. The second kappa shape index (κ2) is 3.40. The molecule has 0 bridgehead atoms. The molecule has 1 aliphatic heterocycles. The van der Waals surface area contributed by atoms with Crippen molar-refractivity contribution in [3.05, 3.63) is 0 Å². The van der Waals surface area contributed by atoms with Crippen LogP contribution in [0.1, 0.15) is 12.8 Å². The van der Waals surface area contributed by atoms with Crippen LogP contribution in [0.4, 0.5) is 0 Å². The van der Waals surface area contributed by atoms with Crippen molar-refractivity contribution in [1.29, 1.82) is 0 Å². The van der Waals surface area contributed by atoms with E-state index in [2.05, 4.69) is 10.7 Å². The summed E-state index contributed by atoms with van der Waals surface area (Å²) in [6.07, 6.45) is 0.663. The molecule has 12 heavy (non-hydrogen) atoms. The zero-order valence-corrected chi connectivity index (χ0v) is 7.34. The monoisotopic (exact) mass is 193 g/mol. The highest BCUT2D eigenvalue weighted by Gasteiger charge is 2.29. The molecule has 0 aromatic rings. The van der Waals surface area contributed by atoms with E-state index in [9.17, 15) is 13.2 Å². The van der Waals surface area contributed by atoms with Gasteiger partial charge in [0.25, 0.3) is 0 Å². The fourth-order valence-electron chi connectivity index (χ4n) is 1.22. The maximum absolute atomic E-state index is 10.9. The molecule has 0 amide bonds. The first-order chi connectivity index (χ1) is 5.55. The quantitative estimate of drug-likeness (QED) is 0.552. The molecule has 0 spiro atoms. The highest BCUT2D eigenvalue weighted by Crippen LogP contribution is 2.19. The van der Waals surface area contributed by atoms with Gasteiger partial charge >= 0.3 is 5.97 Å². The summed E-state index contributed by atoms with van der Waals surface area (Å²) < 4.78 is 21.8. The van der Waals surface area contributed by atoms with Crippen molar-refractivity contribution in [2.45, 2.75) is 12.8 Å². The van der Waals surface area contributed by atoms with Crippen molar-refractivity contribution in [2.75, 3.05) is 11.5 Å². The van der Waals surface area contributed by atoms with Gasteiger partial charge in [0, 0.05) is 0 Å². The third-order valence-electron chi connectivity index (χ3n) is 2.00. The summed E-state index contributed by atoms with van der Waals surface area (Å²) in [5.41, 5.74) is 0. The molecule has 2 N–H and O–H groups in total. The van der Waals surface area contributed by atoms with E-state index >= 15 is 0 Å². The Kier molecular flexibility index (Phi) is 2.69. The van der Waals surface area contributed by atoms with E-state index in [0.717, 1.165) is 0 Å². The summed E-state index contributed by atoms with van der Waals surface area (Å²) in [4.78, 5) is 14.9. The largest absolute Gasteiger partial charge is 0.373 e. The Labute approximate surface area is 70.8 Å². The van der Waals surface area contributed by atoms with Crippen LogP contribution in [0.25, 0.3) is 0 Å². The lowest BCUT2D eigenvalue weighted by Gasteiger charge is -2.18. The average molecular weight is 193 g/mol. The van der Waals surface area contributed by atoms with Crippen molar-refractivity contribution in [3.63, 3.8) is 0 Å². The van der Waals surface area contributed by atoms with Crippen molar-refractivity contribution < 1.29 is 18.0 Å². The molecule has 70 valence electrons. The van der Waals surface area contributed by atoms with E-state index in [-0.39, 0.29) is 17.4 Å². The van der Waals surface area contributed by atoms with Gasteiger partial charge in [-0.3, -0.25) is 4.79 Å². The smallest absolute Gasteiger partial charge is 0.327 e. The number of hydrogen-bond acceptors (Lipinski definition) is 5. The number of nitrogens with two attached hydrogens (primary N) is 1. The fourth-order valence-corrected chi connectivity index (χ4v) is 2.71. The highest BCUT2D eigenvalue weighted by molar-refractivity contribution is 7.91. The van der Waals surface area contributed by atoms with Crippen LogP contribution in [-0.4, -0.2) is 25.9 Å². The minimum atomic E-state index is -2.91. The predicted molar refractivity (Wildman–Crippen MR) is 41.7 cm³/mol. The fraction of sp³-hybridized carbons (Fsp3) is 0.833. The van der Waals surface area contributed by atoms with Crippen LogP contribution in [-0.2, 0) is 19.5 Å². The van der Waals surface area contributed by atoms with Crippen LogP contribution < -0.4 is 5.90 Å². The Morgan fingerprint density at radius 3 is 2.25 bits per heavy atom. The van der Waals surface area contributed by atoms with Crippen LogP contribution in [0.2, 0.25) is 0 Å². The average Bonchev–Trinajstić information content (AvgIpc) is 2.03. The second-order valence-electron chi connectivity index (χ2n) is 2.86. The molecule has 0 aliphatic carbocycles. The molecule has 1 heterocycles. The molecule has 6 heteroatoms. The van der Waals surface area contributed by atoms with Crippen LogP contribution in [0.5, 0.6) is 0 Å². The van der Waals surface area contributed by atoms with E-state index in [1.165, 1.54) is 0 Å². The minimum absolute atomic E-state index is 0.0623. The van der Waals surface area contributed by atoms with Gasteiger partial charge in [0.1, 0.15) is 9.84 Å². The van der Waals surface area contributed by atoms with Crippen LogP contribution in [0.15, 0.2) is 0 Å². The predicted octanol–water partition coefficient (Wildman–Crippen LogP) is -0.772. The second-order valence-corrected chi connectivity index (χ2v) is 5.17. The van der Waals surface area contributed by atoms with E-state index in [0.29, 0.717) is 12.8 Å². The summed E-state index contributed by atoms with van der Waals surface area (Å²) in [6, 6.07) is 0. The normalized spacial score (nSPS) is 23.4. The SMILES string of the molecule is NOC(=O)C1CCS(=O)(=O)CC1. The first-order valence-corrected chi connectivity index (χ1v) is 5.48. The minimum Gasteiger partial charge on any atom is -0.373 e. The summed E-state index contributed by atoms with van der Waals surface area (Å²) >= 11 is 0. The lowest BCUT2D eigenvalue weighted by atomic mass is 10.0. The highest BCUT2D eigenvalue weighted by atomic mass is 32.2. The summed E-state index contributed by atoms with van der Waals surface area (Å²) in [5.74, 6) is 3.95. The molecule has 0 saturated carbocycles. The topological polar surface area (TPSA) is 86.5 Å². The molecule has 1 rings (SSSR count). The molecule has 1 saturated heterocycles. The third-order valence-corrected chi connectivity index (χ3v) is 3.72. The summed E-state index contributed by atoms with van der Waals surface area (Å²) in [7, 11) is -2.91. The molecule has 1 aliphatic rings. The summed E-state index contributed by atoms with van der Waals surface area (Å²) in [5, 5.41) is 0. The molecule has 5 nitrogen and oxygen atoms in total. The van der Waals surface area contributed by atoms with E-state index < -0.39 is 15.8 Å². The number of carbonyl (C=O) groups excluding carboxylic acids is 1. The number of hydrogen-bond donors (Lipinski definition) is 1. The van der Waals surface area contributed by atoms with Gasteiger partial charge in [-0.2, -0.15) is 5.90 Å². The van der Waals surface area contributed by atoms with Crippen molar-refractivity contribution in [3.8, 4) is 0 Å².